The molecule has 2 saturated carbocycles. The summed E-state index contributed by atoms with van der Waals surface area (Å²) in [5.41, 5.74) is -0.317. The first kappa shape index (κ1) is 13.4. The van der Waals surface area contributed by atoms with Crippen molar-refractivity contribution in [3.8, 4) is 0 Å². The third kappa shape index (κ3) is 3.24. The zero-order chi connectivity index (χ0) is 13.2. The Labute approximate surface area is 108 Å². The van der Waals surface area contributed by atoms with E-state index in [0.29, 0.717) is 12.5 Å². The van der Waals surface area contributed by atoms with Crippen LogP contribution in [-0.4, -0.2) is 35.0 Å². The zero-order valence-corrected chi connectivity index (χ0v) is 11.2. The normalized spacial score (nSPS) is 22.5. The summed E-state index contributed by atoms with van der Waals surface area (Å²) in [4.78, 5) is 25.1. The topological polar surface area (TPSA) is 57.6 Å². The van der Waals surface area contributed by atoms with Crippen LogP contribution in [0.25, 0.3) is 0 Å². The van der Waals surface area contributed by atoms with Gasteiger partial charge >= 0.3 is 5.97 Å². The van der Waals surface area contributed by atoms with E-state index in [-0.39, 0.29) is 17.9 Å². The second-order valence-electron chi connectivity index (χ2n) is 6.14. The van der Waals surface area contributed by atoms with E-state index >= 15 is 0 Å². The number of carboxylic acid groups (broad SMARTS) is 1. The van der Waals surface area contributed by atoms with Crippen molar-refractivity contribution in [3.05, 3.63) is 0 Å². The lowest BCUT2D eigenvalue weighted by atomic mass is 9.74. The molecule has 4 heteroatoms. The molecule has 0 spiro atoms. The number of hydrogen-bond acceptors (Lipinski definition) is 2. The molecule has 0 radical (unpaired) electrons. The molecule has 0 unspecified atom stereocenters. The van der Waals surface area contributed by atoms with Gasteiger partial charge in [0.2, 0.25) is 5.91 Å². The molecule has 0 heterocycles. The summed E-state index contributed by atoms with van der Waals surface area (Å²) in [6.07, 6.45) is 7.48. The molecule has 0 aromatic rings. The van der Waals surface area contributed by atoms with Gasteiger partial charge in [-0.15, -0.1) is 0 Å². The SMILES string of the molecule is CC1(C(=O)N(CC(=O)O)CC2CC2)CCCCC1. The van der Waals surface area contributed by atoms with Crippen LogP contribution in [0.3, 0.4) is 0 Å². The molecule has 2 aliphatic rings. The third-order valence-corrected chi connectivity index (χ3v) is 4.26. The molecule has 4 nitrogen and oxygen atoms in total. The number of amides is 1. The van der Waals surface area contributed by atoms with Crippen molar-refractivity contribution in [1.29, 1.82) is 0 Å². The number of nitrogens with zero attached hydrogens (tertiary/aromatic N) is 1. The minimum atomic E-state index is -0.900. The number of hydrogen-bond donors (Lipinski definition) is 1. The smallest absolute Gasteiger partial charge is 0.323 e. The Morgan fingerprint density at radius 1 is 1.22 bits per heavy atom. The molecule has 18 heavy (non-hydrogen) atoms. The van der Waals surface area contributed by atoms with Gasteiger partial charge in [0.25, 0.3) is 0 Å². The van der Waals surface area contributed by atoms with Crippen LogP contribution in [0.15, 0.2) is 0 Å². The second kappa shape index (κ2) is 5.29. The van der Waals surface area contributed by atoms with Gasteiger partial charge in [0.15, 0.2) is 0 Å². The highest BCUT2D eigenvalue weighted by molar-refractivity contribution is 5.85. The van der Waals surface area contributed by atoms with Crippen LogP contribution >= 0.6 is 0 Å². The molecule has 0 aromatic carbocycles. The van der Waals surface area contributed by atoms with Crippen LogP contribution in [0, 0.1) is 11.3 Å². The largest absolute Gasteiger partial charge is 0.480 e. The zero-order valence-electron chi connectivity index (χ0n) is 11.2. The summed E-state index contributed by atoms with van der Waals surface area (Å²) < 4.78 is 0. The van der Waals surface area contributed by atoms with E-state index in [9.17, 15) is 9.59 Å². The van der Waals surface area contributed by atoms with Crippen molar-refractivity contribution in [2.24, 2.45) is 11.3 Å². The van der Waals surface area contributed by atoms with Gasteiger partial charge in [0.05, 0.1) is 0 Å². The van der Waals surface area contributed by atoms with E-state index in [1.807, 2.05) is 6.92 Å². The van der Waals surface area contributed by atoms with Crippen molar-refractivity contribution >= 4 is 11.9 Å². The number of rotatable bonds is 5. The van der Waals surface area contributed by atoms with Crippen molar-refractivity contribution in [2.75, 3.05) is 13.1 Å². The van der Waals surface area contributed by atoms with Crippen molar-refractivity contribution in [1.82, 2.24) is 4.90 Å². The maximum absolute atomic E-state index is 12.6. The standard InChI is InChI=1S/C14H23NO3/c1-14(7-3-2-4-8-14)13(18)15(10-12(16)17)9-11-5-6-11/h11H,2-10H2,1H3,(H,16,17). The van der Waals surface area contributed by atoms with E-state index in [2.05, 4.69) is 0 Å². The van der Waals surface area contributed by atoms with Crippen molar-refractivity contribution < 1.29 is 14.7 Å². The number of aliphatic carboxylic acids is 1. The molecule has 0 saturated heterocycles. The fourth-order valence-corrected chi connectivity index (χ4v) is 2.92. The first-order chi connectivity index (χ1) is 8.51. The Kier molecular flexibility index (Phi) is 3.93. The van der Waals surface area contributed by atoms with Gasteiger partial charge in [0.1, 0.15) is 6.54 Å². The Morgan fingerprint density at radius 2 is 1.83 bits per heavy atom. The predicted octanol–water partition coefficient (Wildman–Crippen LogP) is 2.28. The minimum absolute atomic E-state index is 0.0662. The lowest BCUT2D eigenvalue weighted by Gasteiger charge is -2.36. The van der Waals surface area contributed by atoms with Gasteiger partial charge in [-0.3, -0.25) is 9.59 Å². The molecule has 0 aliphatic heterocycles. The summed E-state index contributed by atoms with van der Waals surface area (Å²) in [5, 5.41) is 8.95. The third-order valence-electron chi connectivity index (χ3n) is 4.26. The molecule has 1 amide bonds. The molecule has 2 aliphatic carbocycles. The van der Waals surface area contributed by atoms with E-state index in [1.165, 1.54) is 6.42 Å². The molecule has 0 aromatic heterocycles. The number of carboxylic acids is 1. The van der Waals surface area contributed by atoms with E-state index in [4.69, 9.17) is 5.11 Å². The van der Waals surface area contributed by atoms with Gasteiger partial charge in [-0.25, -0.2) is 0 Å². The highest BCUT2D eigenvalue weighted by atomic mass is 16.4. The Morgan fingerprint density at radius 3 is 2.33 bits per heavy atom. The first-order valence-electron chi connectivity index (χ1n) is 7.02. The van der Waals surface area contributed by atoms with Gasteiger partial charge in [-0.2, -0.15) is 0 Å². The Hall–Kier alpha value is -1.06. The van der Waals surface area contributed by atoms with Gasteiger partial charge in [0, 0.05) is 12.0 Å². The van der Waals surface area contributed by atoms with Crippen LogP contribution in [0.5, 0.6) is 0 Å². The Balaban J connectivity index is 2.02. The molecular formula is C14H23NO3. The van der Waals surface area contributed by atoms with Crippen LogP contribution in [0.2, 0.25) is 0 Å². The molecule has 102 valence electrons. The van der Waals surface area contributed by atoms with Gasteiger partial charge in [-0.05, 0) is 31.6 Å². The van der Waals surface area contributed by atoms with Crippen LogP contribution in [0.4, 0.5) is 0 Å². The summed E-state index contributed by atoms with van der Waals surface area (Å²) in [5.74, 6) is -0.291. The van der Waals surface area contributed by atoms with Crippen molar-refractivity contribution in [3.63, 3.8) is 0 Å². The predicted molar refractivity (Wildman–Crippen MR) is 68.1 cm³/mol. The quantitative estimate of drug-likeness (QED) is 0.817. The van der Waals surface area contributed by atoms with E-state index in [0.717, 1.165) is 38.5 Å². The maximum Gasteiger partial charge on any atom is 0.323 e. The van der Waals surface area contributed by atoms with Crippen LogP contribution < -0.4 is 0 Å². The summed E-state index contributed by atoms with van der Waals surface area (Å²) >= 11 is 0. The monoisotopic (exact) mass is 253 g/mol. The average molecular weight is 253 g/mol. The highest BCUT2D eigenvalue weighted by Gasteiger charge is 2.39. The van der Waals surface area contributed by atoms with Gasteiger partial charge < -0.3 is 10.0 Å². The number of carbonyl (C=O) groups is 2. The first-order valence-corrected chi connectivity index (χ1v) is 7.02. The lowest BCUT2D eigenvalue weighted by Crippen LogP contribution is -2.46. The van der Waals surface area contributed by atoms with E-state index in [1.54, 1.807) is 4.90 Å². The number of carbonyl (C=O) groups excluding carboxylic acids is 1. The molecule has 1 N–H and O–H groups in total. The Bertz CT molecular complexity index is 330. The van der Waals surface area contributed by atoms with Gasteiger partial charge in [-0.1, -0.05) is 26.2 Å². The van der Waals surface area contributed by atoms with Crippen molar-refractivity contribution in [2.45, 2.75) is 51.9 Å². The average Bonchev–Trinajstić information content (AvgIpc) is 3.11. The molecule has 2 rings (SSSR count). The summed E-state index contributed by atoms with van der Waals surface area (Å²) in [6, 6.07) is 0. The minimum Gasteiger partial charge on any atom is -0.480 e. The van der Waals surface area contributed by atoms with Crippen LogP contribution in [-0.2, 0) is 9.59 Å². The fraction of sp³-hybridized carbons (Fsp3) is 0.857. The fourth-order valence-electron chi connectivity index (χ4n) is 2.92. The molecular weight excluding hydrogens is 230 g/mol. The highest BCUT2D eigenvalue weighted by Crippen LogP contribution is 2.38. The lowest BCUT2D eigenvalue weighted by molar-refractivity contribution is -0.150. The summed E-state index contributed by atoms with van der Waals surface area (Å²) in [6.45, 7) is 2.52. The van der Waals surface area contributed by atoms with E-state index < -0.39 is 5.97 Å². The van der Waals surface area contributed by atoms with Crippen LogP contribution in [0.1, 0.15) is 51.9 Å². The molecule has 2 fully saturated rings. The summed E-state index contributed by atoms with van der Waals surface area (Å²) in [7, 11) is 0. The molecule has 0 atom stereocenters. The second-order valence-corrected chi connectivity index (χ2v) is 6.14. The maximum atomic E-state index is 12.6. The molecule has 0 bridgehead atoms.